The molecule has 0 saturated heterocycles. The fourth-order valence-electron chi connectivity index (χ4n) is 5.79. The number of allylic oxidation sites excluding steroid dienone is 20. The van der Waals surface area contributed by atoms with Crippen molar-refractivity contribution < 1.29 is 42.1 Å². The normalized spacial score (nSPS) is 14.5. The van der Waals surface area contributed by atoms with Crippen LogP contribution in [0.15, 0.2) is 122 Å². The van der Waals surface area contributed by atoms with Crippen LogP contribution in [0.4, 0.5) is 0 Å². The Kier molecular flexibility index (Phi) is 42.1. The number of nitrogens with zero attached hydrogens (tertiary/aromatic N) is 1. The Hall–Kier alpha value is -3.59. The molecule has 0 heterocycles. The Morgan fingerprint density at radius 2 is 0.875 bits per heavy atom. The van der Waals surface area contributed by atoms with Crippen molar-refractivity contribution in [1.29, 1.82) is 0 Å². The summed E-state index contributed by atoms with van der Waals surface area (Å²) in [7, 11) is 1.09. The largest absolute Gasteiger partial charge is 0.756 e. The molecule has 0 amide bonds. The van der Waals surface area contributed by atoms with Gasteiger partial charge in [0.05, 0.1) is 27.7 Å². The van der Waals surface area contributed by atoms with Crippen molar-refractivity contribution in [3.8, 4) is 0 Å². The molecule has 0 aliphatic carbocycles. The van der Waals surface area contributed by atoms with E-state index in [2.05, 4.69) is 123 Å². The standard InChI is InChI=1S/C54H88NO8P/c1-6-8-10-12-14-16-18-20-22-24-26-27-29-30-32-34-36-38-40-42-44-46-53(56)60-50-52(51-62-64(58,59)61-49-48-55(3,4)5)63-54(57)47-45-43-41-39-37-35-33-31-28-25-23-21-19-17-15-13-11-9-7-2/h8-11,14-17,20-23,26-28,31,35,37,41,43,52H,6-7,12-13,18-19,24-25,29-30,32-34,36,38-40,42,44-51H2,1-5H3/b10-8-,11-9-,16-14-,17-15-,22-20-,23-21-,27-26-,31-28-,37-35-,43-41-. The topological polar surface area (TPSA) is 111 Å². The minimum atomic E-state index is -4.66. The highest BCUT2D eigenvalue weighted by Gasteiger charge is 2.21. The molecule has 0 N–H and O–H groups in total. The van der Waals surface area contributed by atoms with Crippen LogP contribution in [-0.2, 0) is 32.7 Å². The van der Waals surface area contributed by atoms with Crippen LogP contribution in [0.25, 0.3) is 0 Å². The van der Waals surface area contributed by atoms with E-state index in [0.717, 1.165) is 89.9 Å². The van der Waals surface area contributed by atoms with Crippen molar-refractivity contribution in [1.82, 2.24) is 0 Å². The minimum Gasteiger partial charge on any atom is -0.756 e. The summed E-state index contributed by atoms with van der Waals surface area (Å²) in [6.07, 6.45) is 62.4. The molecule has 0 spiro atoms. The number of carbonyl (C=O) groups is 2. The minimum absolute atomic E-state index is 0.0532. The molecule has 2 atom stereocenters. The van der Waals surface area contributed by atoms with E-state index in [1.807, 2.05) is 33.3 Å². The number of ether oxygens (including phenoxy) is 2. The summed E-state index contributed by atoms with van der Waals surface area (Å²) in [6.45, 7) is 3.88. The van der Waals surface area contributed by atoms with Crippen molar-refractivity contribution in [3.63, 3.8) is 0 Å². The van der Waals surface area contributed by atoms with Gasteiger partial charge in [0.15, 0.2) is 6.10 Å². The van der Waals surface area contributed by atoms with E-state index >= 15 is 0 Å². The van der Waals surface area contributed by atoms with Crippen molar-refractivity contribution >= 4 is 19.8 Å². The third kappa shape index (κ3) is 47.9. The highest BCUT2D eigenvalue weighted by atomic mass is 31.2. The van der Waals surface area contributed by atoms with Crippen molar-refractivity contribution in [2.45, 2.75) is 161 Å². The van der Waals surface area contributed by atoms with E-state index in [1.165, 1.54) is 25.7 Å². The zero-order valence-electron chi connectivity index (χ0n) is 40.7. The van der Waals surface area contributed by atoms with Crippen LogP contribution in [0.2, 0.25) is 0 Å². The highest BCUT2D eigenvalue weighted by molar-refractivity contribution is 7.45. The van der Waals surface area contributed by atoms with E-state index in [1.54, 1.807) is 0 Å². The molecule has 10 heteroatoms. The first-order valence-corrected chi connectivity index (χ1v) is 25.7. The van der Waals surface area contributed by atoms with Gasteiger partial charge in [0.2, 0.25) is 0 Å². The first-order valence-electron chi connectivity index (χ1n) is 24.2. The van der Waals surface area contributed by atoms with E-state index in [4.69, 9.17) is 18.5 Å². The van der Waals surface area contributed by atoms with Gasteiger partial charge >= 0.3 is 11.9 Å². The van der Waals surface area contributed by atoms with Gasteiger partial charge < -0.3 is 27.9 Å². The molecule has 0 bridgehead atoms. The summed E-state index contributed by atoms with van der Waals surface area (Å²) in [4.78, 5) is 37.6. The number of hydrogen-bond donors (Lipinski definition) is 0. The maximum Gasteiger partial charge on any atom is 0.306 e. The number of hydrogen-bond acceptors (Lipinski definition) is 8. The van der Waals surface area contributed by atoms with Crippen molar-refractivity contribution in [3.05, 3.63) is 122 Å². The van der Waals surface area contributed by atoms with Gasteiger partial charge in [-0.3, -0.25) is 14.2 Å². The molecular formula is C54H88NO8P. The molecule has 0 saturated carbocycles. The summed E-state index contributed by atoms with van der Waals surface area (Å²) in [5.74, 6) is -0.954. The van der Waals surface area contributed by atoms with Gasteiger partial charge in [-0.2, -0.15) is 0 Å². The Balaban J connectivity index is 4.44. The number of likely N-dealkylation sites (N-methyl/N-ethyl adjacent to an activating group) is 1. The molecule has 2 unspecified atom stereocenters. The van der Waals surface area contributed by atoms with Crippen molar-refractivity contribution in [2.24, 2.45) is 0 Å². The lowest BCUT2D eigenvalue weighted by atomic mass is 10.1. The Morgan fingerprint density at radius 1 is 0.484 bits per heavy atom. The van der Waals surface area contributed by atoms with Gasteiger partial charge in [0, 0.05) is 12.8 Å². The summed E-state index contributed by atoms with van der Waals surface area (Å²) in [5, 5.41) is 0. The fraction of sp³-hybridized carbons (Fsp3) is 0.593. The lowest BCUT2D eigenvalue weighted by Gasteiger charge is -2.28. The van der Waals surface area contributed by atoms with E-state index in [9.17, 15) is 19.0 Å². The van der Waals surface area contributed by atoms with Crippen LogP contribution in [0, 0.1) is 0 Å². The molecule has 0 aromatic heterocycles. The zero-order valence-corrected chi connectivity index (χ0v) is 41.6. The first kappa shape index (κ1) is 60.4. The van der Waals surface area contributed by atoms with E-state index < -0.39 is 32.5 Å². The second-order valence-corrected chi connectivity index (χ2v) is 18.1. The average molecular weight is 910 g/mol. The van der Waals surface area contributed by atoms with E-state index in [-0.39, 0.29) is 26.1 Å². The molecule has 9 nitrogen and oxygen atoms in total. The maximum atomic E-state index is 12.7. The molecule has 0 fully saturated rings. The zero-order chi connectivity index (χ0) is 47.1. The second-order valence-electron chi connectivity index (χ2n) is 16.7. The Morgan fingerprint density at radius 3 is 1.31 bits per heavy atom. The summed E-state index contributed by atoms with van der Waals surface area (Å²) >= 11 is 0. The lowest BCUT2D eigenvalue weighted by molar-refractivity contribution is -0.870. The van der Waals surface area contributed by atoms with Gasteiger partial charge in [-0.1, -0.05) is 174 Å². The maximum absolute atomic E-state index is 12.7. The number of unbranched alkanes of at least 4 members (excludes halogenated alkanes) is 8. The van der Waals surface area contributed by atoms with Gasteiger partial charge in [0.1, 0.15) is 19.8 Å². The molecule has 0 aliphatic heterocycles. The smallest absolute Gasteiger partial charge is 0.306 e. The fourth-order valence-corrected chi connectivity index (χ4v) is 6.52. The summed E-state index contributed by atoms with van der Waals surface area (Å²) in [5.41, 5.74) is 0. The van der Waals surface area contributed by atoms with Gasteiger partial charge in [-0.05, 0) is 89.9 Å². The van der Waals surface area contributed by atoms with Crippen LogP contribution in [-0.4, -0.2) is 70.0 Å². The number of carbonyl (C=O) groups excluding carboxylic acids is 2. The molecule has 0 aliphatic rings. The third-order valence-corrected chi connectivity index (χ3v) is 10.5. The molecule has 0 aromatic carbocycles. The predicted octanol–water partition coefficient (Wildman–Crippen LogP) is 13.8. The van der Waals surface area contributed by atoms with Gasteiger partial charge in [-0.15, -0.1) is 0 Å². The number of esters is 2. The quantitative estimate of drug-likeness (QED) is 0.0196. The Labute approximate surface area is 390 Å². The summed E-state index contributed by atoms with van der Waals surface area (Å²) in [6, 6.07) is 0. The monoisotopic (exact) mass is 910 g/mol. The Bertz CT molecular complexity index is 1490. The summed E-state index contributed by atoms with van der Waals surface area (Å²) < 4.78 is 33.9. The SMILES string of the molecule is CC/C=C\C/C=C\C/C=C\C/C=C\C/C=C\C/C=C\CCC(=O)OC(COC(=O)CCCCCCCCCC/C=C\C/C=C\C/C=C\C/C=C\CC)COP(=O)([O-])OCC[N+](C)(C)C. The van der Waals surface area contributed by atoms with Crippen molar-refractivity contribution in [2.75, 3.05) is 47.5 Å². The van der Waals surface area contributed by atoms with Gasteiger partial charge in [-0.25, -0.2) is 0 Å². The molecule has 0 aromatic rings. The van der Waals surface area contributed by atoms with Crippen LogP contribution in [0.1, 0.15) is 155 Å². The molecule has 362 valence electrons. The van der Waals surface area contributed by atoms with Gasteiger partial charge in [0.25, 0.3) is 7.82 Å². The number of rotatable bonds is 42. The average Bonchev–Trinajstić information content (AvgIpc) is 3.25. The van der Waals surface area contributed by atoms with Crippen LogP contribution < -0.4 is 4.89 Å². The first-order chi connectivity index (χ1) is 31.0. The third-order valence-electron chi connectivity index (χ3n) is 9.49. The van der Waals surface area contributed by atoms with Crippen LogP contribution >= 0.6 is 7.82 Å². The highest BCUT2D eigenvalue weighted by Crippen LogP contribution is 2.38. The lowest BCUT2D eigenvalue weighted by Crippen LogP contribution is -2.37. The molecule has 0 rings (SSSR count). The molecular weight excluding hydrogens is 822 g/mol. The number of phosphoric ester groups is 1. The van der Waals surface area contributed by atoms with Crippen LogP contribution in [0.3, 0.4) is 0 Å². The van der Waals surface area contributed by atoms with E-state index in [0.29, 0.717) is 23.9 Å². The molecule has 64 heavy (non-hydrogen) atoms. The number of phosphoric acid groups is 1. The van der Waals surface area contributed by atoms with Crippen LogP contribution in [0.5, 0.6) is 0 Å². The molecule has 0 radical (unpaired) electrons. The second kappa shape index (κ2) is 44.6. The number of quaternary nitrogens is 1. The predicted molar refractivity (Wildman–Crippen MR) is 268 cm³/mol.